The third-order valence-electron chi connectivity index (χ3n) is 3.88. The lowest BCUT2D eigenvalue weighted by Gasteiger charge is -2.19. The number of nitrogens with zero attached hydrogens (tertiary/aromatic N) is 1. The zero-order chi connectivity index (χ0) is 14.2. The quantitative estimate of drug-likeness (QED) is 0.894. The molecular formula is C17H26N2O. The first-order valence-electron chi connectivity index (χ1n) is 7.86. The Morgan fingerprint density at radius 1 is 1.10 bits per heavy atom. The molecule has 0 radical (unpaired) electrons. The van der Waals surface area contributed by atoms with Gasteiger partial charge in [0.15, 0.2) is 0 Å². The molecule has 1 fully saturated rings. The van der Waals surface area contributed by atoms with Crippen molar-refractivity contribution in [3.05, 3.63) is 35.4 Å². The van der Waals surface area contributed by atoms with Crippen LogP contribution in [0.1, 0.15) is 37.3 Å². The Morgan fingerprint density at radius 2 is 1.80 bits per heavy atom. The normalized spacial score (nSPS) is 15.9. The molecule has 20 heavy (non-hydrogen) atoms. The highest BCUT2D eigenvalue weighted by atomic mass is 16.2. The fourth-order valence-electron chi connectivity index (χ4n) is 2.67. The molecule has 3 nitrogen and oxygen atoms in total. The number of carbonyl (C=O) groups is 1. The zero-order valence-electron chi connectivity index (χ0n) is 12.5. The van der Waals surface area contributed by atoms with E-state index in [2.05, 4.69) is 36.5 Å². The number of aryl methyl sites for hydroxylation is 2. The Kier molecular flexibility index (Phi) is 6.06. The molecule has 0 aromatic heterocycles. The molecule has 1 amide bonds. The Bertz CT molecular complexity index is 406. The van der Waals surface area contributed by atoms with Gasteiger partial charge in [-0.2, -0.15) is 0 Å². The number of rotatable bonds is 5. The van der Waals surface area contributed by atoms with Crippen LogP contribution in [0.25, 0.3) is 0 Å². The van der Waals surface area contributed by atoms with Crippen molar-refractivity contribution in [2.75, 3.05) is 26.2 Å². The van der Waals surface area contributed by atoms with Crippen molar-refractivity contribution in [2.24, 2.45) is 0 Å². The number of hydrogen-bond acceptors (Lipinski definition) is 2. The van der Waals surface area contributed by atoms with E-state index in [1.54, 1.807) is 0 Å². The van der Waals surface area contributed by atoms with E-state index in [4.69, 9.17) is 0 Å². The van der Waals surface area contributed by atoms with Crippen molar-refractivity contribution >= 4 is 5.91 Å². The van der Waals surface area contributed by atoms with Gasteiger partial charge in [0.05, 0.1) is 0 Å². The first kappa shape index (κ1) is 15.0. The molecule has 1 N–H and O–H groups in total. The lowest BCUT2D eigenvalue weighted by Crippen LogP contribution is -2.34. The zero-order valence-corrected chi connectivity index (χ0v) is 12.5. The maximum atomic E-state index is 12.2. The van der Waals surface area contributed by atoms with E-state index in [-0.39, 0.29) is 0 Å². The van der Waals surface area contributed by atoms with Crippen LogP contribution >= 0.6 is 0 Å². The van der Waals surface area contributed by atoms with Gasteiger partial charge in [0.2, 0.25) is 5.91 Å². The third kappa shape index (κ3) is 4.64. The van der Waals surface area contributed by atoms with E-state index in [0.717, 1.165) is 45.4 Å². The summed E-state index contributed by atoms with van der Waals surface area (Å²) in [6.07, 6.45) is 4.88. The summed E-state index contributed by atoms with van der Waals surface area (Å²) in [4.78, 5) is 14.2. The maximum absolute atomic E-state index is 12.2. The second kappa shape index (κ2) is 8.05. The minimum absolute atomic E-state index is 0.298. The molecular weight excluding hydrogens is 248 g/mol. The molecule has 1 heterocycles. The van der Waals surface area contributed by atoms with Crippen LogP contribution in [0.3, 0.4) is 0 Å². The average molecular weight is 274 g/mol. The molecule has 0 aliphatic carbocycles. The van der Waals surface area contributed by atoms with Crippen LogP contribution in [0.15, 0.2) is 24.3 Å². The fraction of sp³-hybridized carbons (Fsp3) is 0.588. The Morgan fingerprint density at radius 3 is 2.50 bits per heavy atom. The van der Waals surface area contributed by atoms with Crippen LogP contribution in [0.4, 0.5) is 0 Å². The molecule has 0 atom stereocenters. The molecule has 1 aromatic carbocycles. The highest BCUT2D eigenvalue weighted by molar-refractivity contribution is 5.76. The topological polar surface area (TPSA) is 32.3 Å². The van der Waals surface area contributed by atoms with Crippen molar-refractivity contribution in [3.8, 4) is 0 Å². The van der Waals surface area contributed by atoms with Crippen molar-refractivity contribution in [3.63, 3.8) is 0 Å². The average Bonchev–Trinajstić information content (AvgIpc) is 2.76. The SMILES string of the molecule is CCCc1ccc(CCC(=O)N2CCCNCC2)cc1. The molecule has 1 aliphatic heterocycles. The summed E-state index contributed by atoms with van der Waals surface area (Å²) in [6, 6.07) is 8.73. The molecule has 2 rings (SSSR count). The lowest BCUT2D eigenvalue weighted by molar-refractivity contribution is -0.130. The van der Waals surface area contributed by atoms with Crippen molar-refractivity contribution < 1.29 is 4.79 Å². The van der Waals surface area contributed by atoms with E-state index in [0.29, 0.717) is 12.3 Å². The van der Waals surface area contributed by atoms with Gasteiger partial charge in [-0.3, -0.25) is 4.79 Å². The highest BCUT2D eigenvalue weighted by Crippen LogP contribution is 2.10. The van der Waals surface area contributed by atoms with Gasteiger partial charge >= 0.3 is 0 Å². The van der Waals surface area contributed by atoms with Crippen molar-refractivity contribution in [2.45, 2.75) is 39.0 Å². The number of nitrogens with one attached hydrogen (secondary N) is 1. The summed E-state index contributed by atoms with van der Waals surface area (Å²) in [5, 5.41) is 3.33. The lowest BCUT2D eigenvalue weighted by atomic mass is 10.0. The molecule has 0 saturated carbocycles. The Hall–Kier alpha value is -1.35. The number of amides is 1. The molecule has 1 aliphatic rings. The minimum atomic E-state index is 0.298. The van der Waals surface area contributed by atoms with Gasteiger partial charge in [0.1, 0.15) is 0 Å². The van der Waals surface area contributed by atoms with Crippen LogP contribution in [0.5, 0.6) is 0 Å². The molecule has 1 saturated heterocycles. The number of benzene rings is 1. The molecule has 0 spiro atoms. The van der Waals surface area contributed by atoms with E-state index in [9.17, 15) is 4.79 Å². The molecule has 110 valence electrons. The van der Waals surface area contributed by atoms with Gasteiger partial charge in [-0.25, -0.2) is 0 Å². The maximum Gasteiger partial charge on any atom is 0.222 e. The summed E-state index contributed by atoms with van der Waals surface area (Å²) in [7, 11) is 0. The summed E-state index contributed by atoms with van der Waals surface area (Å²) in [5.74, 6) is 0.298. The standard InChI is InChI=1S/C17H26N2O/c1-2-4-15-5-7-16(8-6-15)9-10-17(20)19-13-3-11-18-12-14-19/h5-8,18H,2-4,9-14H2,1H3. The first-order valence-corrected chi connectivity index (χ1v) is 7.86. The van der Waals surface area contributed by atoms with Gasteiger partial charge in [-0.1, -0.05) is 37.6 Å². The van der Waals surface area contributed by atoms with Gasteiger partial charge in [-0.05, 0) is 36.9 Å². The molecule has 3 heteroatoms. The van der Waals surface area contributed by atoms with Gasteiger partial charge in [0, 0.05) is 26.1 Å². The Balaban J connectivity index is 1.80. The first-order chi connectivity index (χ1) is 9.79. The van der Waals surface area contributed by atoms with Crippen LogP contribution in [0.2, 0.25) is 0 Å². The predicted molar refractivity (Wildman–Crippen MR) is 82.8 cm³/mol. The van der Waals surface area contributed by atoms with Gasteiger partial charge in [-0.15, -0.1) is 0 Å². The third-order valence-corrected chi connectivity index (χ3v) is 3.88. The Labute approximate surface area is 122 Å². The van der Waals surface area contributed by atoms with Crippen molar-refractivity contribution in [1.29, 1.82) is 0 Å². The number of carbonyl (C=O) groups excluding carboxylic acids is 1. The molecule has 1 aromatic rings. The van der Waals surface area contributed by atoms with Crippen LogP contribution < -0.4 is 5.32 Å². The second-order valence-electron chi connectivity index (χ2n) is 5.55. The summed E-state index contributed by atoms with van der Waals surface area (Å²) in [6.45, 7) is 5.91. The fourth-order valence-corrected chi connectivity index (χ4v) is 2.67. The van der Waals surface area contributed by atoms with Crippen LogP contribution in [-0.4, -0.2) is 37.0 Å². The van der Waals surface area contributed by atoms with E-state index in [1.165, 1.54) is 17.5 Å². The highest BCUT2D eigenvalue weighted by Gasteiger charge is 2.14. The molecule has 0 bridgehead atoms. The molecule has 0 unspecified atom stereocenters. The van der Waals surface area contributed by atoms with Crippen LogP contribution in [-0.2, 0) is 17.6 Å². The van der Waals surface area contributed by atoms with E-state index in [1.807, 2.05) is 4.90 Å². The summed E-state index contributed by atoms with van der Waals surface area (Å²) >= 11 is 0. The second-order valence-corrected chi connectivity index (χ2v) is 5.55. The number of hydrogen-bond donors (Lipinski definition) is 1. The van der Waals surface area contributed by atoms with Crippen LogP contribution in [0, 0.1) is 0 Å². The van der Waals surface area contributed by atoms with E-state index >= 15 is 0 Å². The smallest absolute Gasteiger partial charge is 0.222 e. The van der Waals surface area contributed by atoms with Gasteiger partial charge in [0.25, 0.3) is 0 Å². The van der Waals surface area contributed by atoms with E-state index < -0.39 is 0 Å². The summed E-state index contributed by atoms with van der Waals surface area (Å²) in [5.41, 5.74) is 2.66. The van der Waals surface area contributed by atoms with Crippen molar-refractivity contribution in [1.82, 2.24) is 10.2 Å². The summed E-state index contributed by atoms with van der Waals surface area (Å²) < 4.78 is 0. The largest absolute Gasteiger partial charge is 0.341 e. The van der Waals surface area contributed by atoms with Gasteiger partial charge < -0.3 is 10.2 Å². The monoisotopic (exact) mass is 274 g/mol. The predicted octanol–water partition coefficient (Wildman–Crippen LogP) is 2.39. The minimum Gasteiger partial charge on any atom is -0.341 e.